The number of hydrogen-bond acceptors (Lipinski definition) is 2. The molecule has 0 spiro atoms. The Bertz CT molecular complexity index is 1050. The molecule has 2 aromatic carbocycles. The molecule has 4 aromatic rings. The minimum absolute atomic E-state index is 0.280. The van der Waals surface area contributed by atoms with Crippen molar-refractivity contribution in [3.8, 4) is 11.4 Å². The van der Waals surface area contributed by atoms with E-state index >= 15 is 0 Å². The third-order valence-corrected chi connectivity index (χ3v) is 4.24. The van der Waals surface area contributed by atoms with Crippen LogP contribution in [0.25, 0.3) is 33.3 Å². The van der Waals surface area contributed by atoms with Crippen molar-refractivity contribution in [3.05, 3.63) is 62.9 Å². The summed E-state index contributed by atoms with van der Waals surface area (Å²) in [5.41, 5.74) is 2.80. The van der Waals surface area contributed by atoms with Crippen LogP contribution in [-0.2, 0) is 0 Å². The molecular weight excluding hydrogens is 321 g/mol. The number of nitrogens with zero attached hydrogens (tertiary/aromatic N) is 1. The minimum atomic E-state index is -0.280. The molecule has 22 heavy (non-hydrogen) atoms. The van der Waals surface area contributed by atoms with E-state index in [1.807, 2.05) is 30.3 Å². The molecule has 4 nitrogen and oxygen atoms in total. The predicted molar refractivity (Wildman–Crippen MR) is 89.7 cm³/mol. The van der Waals surface area contributed by atoms with Gasteiger partial charge in [-0.2, -0.15) is 0 Å². The highest BCUT2D eigenvalue weighted by Gasteiger charge is 2.11. The van der Waals surface area contributed by atoms with E-state index in [2.05, 4.69) is 15.0 Å². The number of H-pyrrole nitrogens is 2. The number of halogens is 2. The van der Waals surface area contributed by atoms with Gasteiger partial charge in [0.05, 0.1) is 26.8 Å². The SMILES string of the molecule is O=c1[nH]c2cc(Cl)c(Cl)cc2nc1-c1cc2ccccc2[nH]1. The quantitative estimate of drug-likeness (QED) is 0.544. The van der Waals surface area contributed by atoms with Crippen LogP contribution in [0.5, 0.6) is 0 Å². The summed E-state index contributed by atoms with van der Waals surface area (Å²) < 4.78 is 0. The lowest BCUT2D eigenvalue weighted by atomic mass is 10.2. The molecule has 4 rings (SSSR count). The molecule has 0 aliphatic rings. The molecular formula is C16H9Cl2N3O. The second-order valence-electron chi connectivity index (χ2n) is 4.97. The normalized spacial score (nSPS) is 11.4. The first-order chi connectivity index (χ1) is 10.6. The minimum Gasteiger partial charge on any atom is -0.353 e. The van der Waals surface area contributed by atoms with Gasteiger partial charge in [0.1, 0.15) is 0 Å². The standard InChI is InChI=1S/C16H9Cl2N3O/c17-9-6-12-13(7-10(9)18)21-16(22)15(20-12)14-5-8-3-1-2-4-11(8)19-14/h1-7,19H,(H,21,22). The van der Waals surface area contributed by atoms with Crippen molar-refractivity contribution in [2.45, 2.75) is 0 Å². The smallest absolute Gasteiger partial charge is 0.276 e. The zero-order valence-electron chi connectivity index (χ0n) is 11.2. The molecule has 0 amide bonds. The predicted octanol–water partition coefficient (Wildman–Crippen LogP) is 4.38. The zero-order chi connectivity index (χ0) is 15.3. The van der Waals surface area contributed by atoms with Crippen LogP contribution in [0.1, 0.15) is 0 Å². The van der Waals surface area contributed by atoms with E-state index in [4.69, 9.17) is 23.2 Å². The van der Waals surface area contributed by atoms with Gasteiger partial charge in [-0.1, -0.05) is 41.4 Å². The first-order valence-electron chi connectivity index (χ1n) is 6.59. The summed E-state index contributed by atoms with van der Waals surface area (Å²) in [5.74, 6) is 0. The summed E-state index contributed by atoms with van der Waals surface area (Å²) in [6, 6.07) is 12.9. The lowest BCUT2D eigenvalue weighted by Crippen LogP contribution is -2.11. The molecule has 0 atom stereocenters. The van der Waals surface area contributed by atoms with E-state index in [0.29, 0.717) is 32.5 Å². The van der Waals surface area contributed by atoms with E-state index in [0.717, 1.165) is 10.9 Å². The number of aromatic nitrogens is 3. The summed E-state index contributed by atoms with van der Waals surface area (Å²) in [6.07, 6.45) is 0. The van der Waals surface area contributed by atoms with Gasteiger partial charge in [0.2, 0.25) is 0 Å². The van der Waals surface area contributed by atoms with Gasteiger partial charge in [-0.25, -0.2) is 4.98 Å². The molecule has 0 unspecified atom stereocenters. The number of benzene rings is 2. The maximum Gasteiger partial charge on any atom is 0.276 e. The number of aromatic amines is 2. The van der Waals surface area contributed by atoms with Crippen LogP contribution in [-0.4, -0.2) is 15.0 Å². The Hall–Kier alpha value is -2.30. The fourth-order valence-electron chi connectivity index (χ4n) is 2.47. The topological polar surface area (TPSA) is 61.5 Å². The van der Waals surface area contributed by atoms with Crippen molar-refractivity contribution in [2.75, 3.05) is 0 Å². The molecule has 0 saturated heterocycles. The molecule has 0 aliphatic heterocycles. The Balaban J connectivity index is 1.99. The van der Waals surface area contributed by atoms with Crippen molar-refractivity contribution in [1.82, 2.24) is 15.0 Å². The Labute approximate surface area is 134 Å². The summed E-state index contributed by atoms with van der Waals surface area (Å²) in [7, 11) is 0. The second-order valence-corrected chi connectivity index (χ2v) is 5.78. The average Bonchev–Trinajstić information content (AvgIpc) is 2.92. The largest absolute Gasteiger partial charge is 0.353 e. The highest BCUT2D eigenvalue weighted by molar-refractivity contribution is 6.42. The van der Waals surface area contributed by atoms with Gasteiger partial charge < -0.3 is 9.97 Å². The van der Waals surface area contributed by atoms with Crippen LogP contribution >= 0.6 is 23.2 Å². The zero-order valence-corrected chi connectivity index (χ0v) is 12.7. The van der Waals surface area contributed by atoms with Crippen molar-refractivity contribution in [2.24, 2.45) is 0 Å². The van der Waals surface area contributed by atoms with Crippen LogP contribution in [0.3, 0.4) is 0 Å². The number of fused-ring (bicyclic) bond motifs is 2. The highest BCUT2D eigenvalue weighted by Crippen LogP contribution is 2.27. The fraction of sp³-hybridized carbons (Fsp3) is 0. The van der Waals surface area contributed by atoms with Gasteiger partial charge in [0.25, 0.3) is 5.56 Å². The van der Waals surface area contributed by atoms with E-state index in [-0.39, 0.29) is 5.56 Å². The molecule has 2 aromatic heterocycles. The van der Waals surface area contributed by atoms with Gasteiger partial charge in [0.15, 0.2) is 5.69 Å². The Morgan fingerprint density at radius 1 is 0.909 bits per heavy atom. The van der Waals surface area contributed by atoms with E-state index in [1.54, 1.807) is 12.1 Å². The third kappa shape index (κ3) is 2.08. The third-order valence-electron chi connectivity index (χ3n) is 3.52. The summed E-state index contributed by atoms with van der Waals surface area (Å²) in [6.45, 7) is 0. The average molecular weight is 330 g/mol. The Morgan fingerprint density at radius 3 is 2.50 bits per heavy atom. The van der Waals surface area contributed by atoms with Crippen LogP contribution < -0.4 is 5.56 Å². The molecule has 2 N–H and O–H groups in total. The van der Waals surface area contributed by atoms with E-state index in [1.165, 1.54) is 0 Å². The van der Waals surface area contributed by atoms with Crippen LogP contribution in [0, 0.1) is 0 Å². The van der Waals surface area contributed by atoms with E-state index < -0.39 is 0 Å². The Morgan fingerprint density at radius 2 is 1.68 bits per heavy atom. The number of hydrogen-bond donors (Lipinski definition) is 2. The molecule has 0 aliphatic carbocycles. The first-order valence-corrected chi connectivity index (χ1v) is 7.34. The van der Waals surface area contributed by atoms with Gasteiger partial charge in [-0.3, -0.25) is 4.79 Å². The molecule has 0 fully saturated rings. The first kappa shape index (κ1) is 13.4. The van der Waals surface area contributed by atoms with Crippen LogP contribution in [0.2, 0.25) is 10.0 Å². The van der Waals surface area contributed by atoms with Crippen LogP contribution in [0.4, 0.5) is 0 Å². The summed E-state index contributed by atoms with van der Waals surface area (Å²) >= 11 is 12.0. The van der Waals surface area contributed by atoms with E-state index in [9.17, 15) is 4.79 Å². The van der Waals surface area contributed by atoms with Crippen molar-refractivity contribution in [3.63, 3.8) is 0 Å². The second kappa shape index (κ2) is 4.87. The number of rotatable bonds is 1. The highest BCUT2D eigenvalue weighted by atomic mass is 35.5. The van der Waals surface area contributed by atoms with Crippen molar-refractivity contribution >= 4 is 45.1 Å². The maximum atomic E-state index is 12.3. The molecule has 0 bridgehead atoms. The van der Waals surface area contributed by atoms with Crippen LogP contribution in [0.15, 0.2) is 47.3 Å². The molecule has 108 valence electrons. The monoisotopic (exact) mass is 329 g/mol. The molecule has 0 saturated carbocycles. The summed E-state index contributed by atoms with van der Waals surface area (Å²) in [5, 5.41) is 1.80. The lowest BCUT2D eigenvalue weighted by molar-refractivity contribution is 1.20. The van der Waals surface area contributed by atoms with Crippen molar-refractivity contribution < 1.29 is 0 Å². The molecule has 0 radical (unpaired) electrons. The van der Waals surface area contributed by atoms with Gasteiger partial charge in [0, 0.05) is 10.9 Å². The summed E-state index contributed by atoms with van der Waals surface area (Å²) in [4.78, 5) is 22.7. The van der Waals surface area contributed by atoms with Gasteiger partial charge >= 0.3 is 0 Å². The van der Waals surface area contributed by atoms with Gasteiger partial charge in [-0.05, 0) is 24.3 Å². The van der Waals surface area contributed by atoms with Crippen molar-refractivity contribution in [1.29, 1.82) is 0 Å². The lowest BCUT2D eigenvalue weighted by Gasteiger charge is -2.03. The maximum absolute atomic E-state index is 12.3. The number of nitrogens with one attached hydrogen (secondary N) is 2. The van der Waals surface area contributed by atoms with Gasteiger partial charge in [-0.15, -0.1) is 0 Å². The molecule has 6 heteroatoms. The number of para-hydroxylation sites is 1. The molecule has 2 heterocycles. The fourth-order valence-corrected chi connectivity index (χ4v) is 2.79. The Kier molecular flexibility index (Phi) is 2.96.